The molecule has 0 fully saturated rings. The number of hydrogen-bond donors (Lipinski definition) is 0. The highest BCUT2D eigenvalue weighted by Crippen LogP contribution is 2.03. The maximum Gasteiger partial charge on any atom is 0.584 e. The fourth-order valence-corrected chi connectivity index (χ4v) is 0. The van der Waals surface area contributed by atoms with E-state index in [4.69, 9.17) is 5.26 Å². The second kappa shape index (κ2) is 1.21. The Hall–Kier alpha value is -0.655. The Balaban J connectivity index is 3.55. The summed E-state index contributed by atoms with van der Waals surface area (Å²) >= 11 is 0. The lowest BCUT2D eigenvalue weighted by Crippen LogP contribution is -2.09. The second-order valence-corrected chi connectivity index (χ2v) is 0.704. The maximum atomic E-state index is 10.5. The van der Waals surface area contributed by atoms with Crippen molar-refractivity contribution in [3.8, 4) is 5.97 Å². The van der Waals surface area contributed by atoms with Crippen LogP contribution in [-0.4, -0.2) is 6.98 Å². The van der Waals surface area contributed by atoms with E-state index in [2.05, 4.69) is 0 Å². The monoisotopic (exact) mass is 94.0 g/mol. The minimum atomic E-state index is -5.18. The first-order chi connectivity index (χ1) is 2.56. The highest BCUT2D eigenvalue weighted by atomic mass is 19.4. The Kier molecular flexibility index (Phi) is 1.08. The minimum Gasteiger partial charge on any atom is -0.436 e. The van der Waals surface area contributed by atoms with Gasteiger partial charge in [0.25, 0.3) is 0 Å². The van der Waals surface area contributed by atoms with Gasteiger partial charge in [0.2, 0.25) is 0 Å². The molecule has 0 amide bonds. The molecule has 1 nitrogen and oxygen atoms in total. The summed E-state index contributed by atoms with van der Waals surface area (Å²) in [6.45, 7) is -5.18. The molecular weight excluding hydrogens is 93.8 g/mol. The molecule has 0 aliphatic rings. The molecule has 34 valence electrons. The van der Waals surface area contributed by atoms with Gasteiger partial charge < -0.3 is 12.9 Å². The van der Waals surface area contributed by atoms with Crippen LogP contribution in [-0.2, 0) is 0 Å². The van der Waals surface area contributed by atoms with Crippen LogP contribution in [0.4, 0.5) is 12.9 Å². The predicted molar refractivity (Wildman–Crippen MR) is 14.7 cm³/mol. The van der Waals surface area contributed by atoms with Crippen molar-refractivity contribution >= 4 is 6.98 Å². The molecule has 6 heavy (non-hydrogen) atoms. The van der Waals surface area contributed by atoms with E-state index >= 15 is 0 Å². The van der Waals surface area contributed by atoms with Gasteiger partial charge in [-0.25, -0.2) is 5.26 Å². The molecule has 0 N–H and O–H groups in total. The van der Waals surface area contributed by atoms with Gasteiger partial charge in [-0.1, -0.05) is 0 Å². The molecule has 5 heteroatoms. The SMILES string of the molecule is N#C[B-](F)(F)F. The lowest BCUT2D eigenvalue weighted by atomic mass is 9.97. The Morgan fingerprint density at radius 1 is 1.33 bits per heavy atom. The van der Waals surface area contributed by atoms with E-state index < -0.39 is 6.98 Å². The van der Waals surface area contributed by atoms with Crippen LogP contribution in [0.25, 0.3) is 0 Å². The second-order valence-electron chi connectivity index (χ2n) is 0.704. The maximum absolute atomic E-state index is 10.5. The standard InChI is InChI=1S/CBF3N/c3-2(4,5)1-6/q-1. The van der Waals surface area contributed by atoms with Crippen molar-refractivity contribution in [2.75, 3.05) is 0 Å². The summed E-state index contributed by atoms with van der Waals surface area (Å²) in [7, 11) is 0. The van der Waals surface area contributed by atoms with Gasteiger partial charge in [0.05, 0.1) is 0 Å². The first-order valence-electron chi connectivity index (χ1n) is 1.17. The average Bonchev–Trinajstić information content (AvgIpc) is 1.35. The summed E-state index contributed by atoms with van der Waals surface area (Å²) in [4.78, 5) is 0. The predicted octanol–water partition coefficient (Wildman–Crippen LogP) is 0.897. The summed E-state index contributed by atoms with van der Waals surface area (Å²) in [5.41, 5.74) is 0. The Morgan fingerprint density at radius 3 is 1.50 bits per heavy atom. The summed E-state index contributed by atoms with van der Waals surface area (Å²) in [6.07, 6.45) is 0. The van der Waals surface area contributed by atoms with Crippen molar-refractivity contribution in [1.29, 1.82) is 5.26 Å². The van der Waals surface area contributed by atoms with E-state index in [1.165, 1.54) is 0 Å². The quantitative estimate of drug-likeness (QED) is 0.409. The third kappa shape index (κ3) is 3.34. The van der Waals surface area contributed by atoms with Crippen LogP contribution in [0.15, 0.2) is 0 Å². The minimum absolute atomic E-state index is 0.167. The Bertz CT molecular complexity index is 77.8. The fraction of sp³-hybridized carbons (Fsp3) is 0. The summed E-state index contributed by atoms with van der Waals surface area (Å²) in [5.74, 6) is 0.167. The van der Waals surface area contributed by atoms with Gasteiger partial charge in [0.1, 0.15) is 0 Å². The molecule has 0 saturated heterocycles. The van der Waals surface area contributed by atoms with Crippen LogP contribution in [0.3, 0.4) is 0 Å². The molecular formula is CBF3N-. The molecule has 0 spiro atoms. The van der Waals surface area contributed by atoms with Crippen LogP contribution in [0.5, 0.6) is 0 Å². The van der Waals surface area contributed by atoms with Crippen molar-refractivity contribution in [2.45, 2.75) is 0 Å². The van der Waals surface area contributed by atoms with E-state index in [1.54, 1.807) is 0 Å². The van der Waals surface area contributed by atoms with Crippen LogP contribution in [0, 0.1) is 11.2 Å². The number of nitrogens with zero attached hydrogens (tertiary/aromatic N) is 1. The van der Waals surface area contributed by atoms with E-state index in [0.29, 0.717) is 0 Å². The first-order valence-corrected chi connectivity index (χ1v) is 1.17. The van der Waals surface area contributed by atoms with Crippen molar-refractivity contribution in [1.82, 2.24) is 0 Å². The molecule has 0 radical (unpaired) electrons. The van der Waals surface area contributed by atoms with Crippen LogP contribution in [0.1, 0.15) is 0 Å². The van der Waals surface area contributed by atoms with Gasteiger partial charge in [-0.05, 0) is 5.97 Å². The normalized spacial score (nSPS) is 10.3. The Morgan fingerprint density at radius 2 is 1.50 bits per heavy atom. The molecule has 0 aliphatic carbocycles. The smallest absolute Gasteiger partial charge is 0.436 e. The third-order valence-electron chi connectivity index (χ3n) is 0.146. The number of rotatable bonds is 0. The Labute approximate surface area is 32.4 Å². The summed E-state index contributed by atoms with van der Waals surface area (Å²) in [6, 6.07) is 0. The van der Waals surface area contributed by atoms with Gasteiger partial charge in [0.15, 0.2) is 0 Å². The van der Waals surface area contributed by atoms with Crippen molar-refractivity contribution < 1.29 is 12.9 Å². The average molecular weight is 93.8 g/mol. The number of nitriles is 1. The molecule has 0 bridgehead atoms. The molecule has 0 atom stereocenters. The summed E-state index contributed by atoms with van der Waals surface area (Å²) in [5, 5.41) is 7.06. The molecule has 0 unspecified atom stereocenters. The van der Waals surface area contributed by atoms with Gasteiger partial charge in [-0.15, -0.1) is 0 Å². The molecule has 0 saturated carbocycles. The lowest BCUT2D eigenvalue weighted by molar-refractivity contribution is 0.502. The number of hydrogen-bond acceptors (Lipinski definition) is 1. The molecule has 0 heterocycles. The zero-order chi connectivity index (χ0) is 5.21. The zero-order valence-electron chi connectivity index (χ0n) is 2.66. The summed E-state index contributed by atoms with van der Waals surface area (Å²) < 4.78 is 31.5. The molecule has 0 aromatic rings. The van der Waals surface area contributed by atoms with Crippen LogP contribution >= 0.6 is 0 Å². The number of halogens is 3. The highest BCUT2D eigenvalue weighted by molar-refractivity contribution is 6.66. The topological polar surface area (TPSA) is 23.8 Å². The van der Waals surface area contributed by atoms with Gasteiger partial charge in [-0.3, -0.25) is 0 Å². The zero-order valence-corrected chi connectivity index (χ0v) is 2.66. The molecule has 0 aromatic carbocycles. The van der Waals surface area contributed by atoms with Crippen LogP contribution < -0.4 is 0 Å². The van der Waals surface area contributed by atoms with Gasteiger partial charge >= 0.3 is 6.98 Å². The van der Waals surface area contributed by atoms with E-state index in [0.717, 1.165) is 0 Å². The molecule has 0 rings (SSSR count). The molecule has 0 aromatic heterocycles. The van der Waals surface area contributed by atoms with Crippen molar-refractivity contribution in [3.63, 3.8) is 0 Å². The highest BCUT2D eigenvalue weighted by Gasteiger charge is 2.20. The largest absolute Gasteiger partial charge is 0.584 e. The third-order valence-corrected chi connectivity index (χ3v) is 0.146. The molecule has 0 aliphatic heterocycles. The van der Waals surface area contributed by atoms with Crippen LogP contribution in [0.2, 0.25) is 0 Å². The van der Waals surface area contributed by atoms with E-state index in [9.17, 15) is 12.9 Å². The van der Waals surface area contributed by atoms with Gasteiger partial charge in [-0.2, -0.15) is 0 Å². The van der Waals surface area contributed by atoms with Gasteiger partial charge in [0, 0.05) is 0 Å². The van der Waals surface area contributed by atoms with E-state index in [-0.39, 0.29) is 5.97 Å². The first kappa shape index (κ1) is 5.34. The van der Waals surface area contributed by atoms with Crippen molar-refractivity contribution in [2.24, 2.45) is 0 Å². The van der Waals surface area contributed by atoms with Crippen molar-refractivity contribution in [3.05, 3.63) is 0 Å². The van der Waals surface area contributed by atoms with E-state index in [1.807, 2.05) is 0 Å². The lowest BCUT2D eigenvalue weighted by Gasteiger charge is -1.96. The fourth-order valence-electron chi connectivity index (χ4n) is 0.